The second-order valence-corrected chi connectivity index (χ2v) is 8.87. The van der Waals surface area contributed by atoms with Crippen molar-refractivity contribution in [3.05, 3.63) is 94.8 Å². The molecule has 3 aromatic heterocycles. The van der Waals surface area contributed by atoms with Crippen LogP contribution in [0.1, 0.15) is 37.8 Å². The van der Waals surface area contributed by atoms with Crippen LogP contribution in [0, 0.1) is 17.2 Å². The number of pyridine rings is 2. The number of hydrogen-bond acceptors (Lipinski definition) is 7. The largest absolute Gasteiger partial charge is 0.490 e. The van der Waals surface area contributed by atoms with E-state index < -0.39 is 0 Å². The van der Waals surface area contributed by atoms with Crippen LogP contribution >= 0.6 is 0 Å². The van der Waals surface area contributed by atoms with Gasteiger partial charge in [-0.2, -0.15) is 5.26 Å². The van der Waals surface area contributed by atoms with Gasteiger partial charge in [0, 0.05) is 29.6 Å². The van der Waals surface area contributed by atoms with Crippen LogP contribution in [0.25, 0.3) is 22.6 Å². The van der Waals surface area contributed by atoms with Gasteiger partial charge < -0.3 is 14.6 Å². The maximum Gasteiger partial charge on any atom is 0.250 e. The Bertz CT molecular complexity index is 1440. The van der Waals surface area contributed by atoms with E-state index in [4.69, 9.17) is 10.00 Å². The summed E-state index contributed by atoms with van der Waals surface area (Å²) in [5, 5.41) is 12.5. The summed E-state index contributed by atoms with van der Waals surface area (Å²) in [7, 11) is 0. The average molecular weight is 509 g/mol. The van der Waals surface area contributed by atoms with E-state index in [1.165, 1.54) is 6.07 Å². The summed E-state index contributed by atoms with van der Waals surface area (Å²) < 4.78 is 7.53. The van der Waals surface area contributed by atoms with E-state index in [1.807, 2.05) is 38.1 Å². The summed E-state index contributed by atoms with van der Waals surface area (Å²) in [5.74, 6) is 1.84. The SMILES string of the molecule is CC.N#Cc1ccnc(-c2ccc(=O)n(Cc3cccc(-c4ncc(OCC5CCNCC5)cn4)c3)c2)c1. The summed E-state index contributed by atoms with van der Waals surface area (Å²) in [4.78, 5) is 25.9. The monoisotopic (exact) mass is 508 g/mol. The van der Waals surface area contributed by atoms with E-state index in [2.05, 4.69) is 26.3 Å². The average Bonchev–Trinajstić information content (AvgIpc) is 2.99. The molecule has 0 aliphatic carbocycles. The van der Waals surface area contributed by atoms with Crippen LogP contribution in [0.5, 0.6) is 5.75 Å². The molecule has 1 fully saturated rings. The van der Waals surface area contributed by atoms with Crippen molar-refractivity contribution in [2.75, 3.05) is 19.7 Å². The summed E-state index contributed by atoms with van der Waals surface area (Å²) in [6.45, 7) is 7.16. The number of ether oxygens (including phenoxy) is 1. The predicted molar refractivity (Wildman–Crippen MR) is 148 cm³/mol. The molecule has 0 atom stereocenters. The summed E-state index contributed by atoms with van der Waals surface area (Å²) in [5.41, 5.74) is 3.63. The van der Waals surface area contributed by atoms with Gasteiger partial charge in [-0.1, -0.05) is 32.0 Å². The Morgan fingerprint density at radius 3 is 2.58 bits per heavy atom. The lowest BCUT2D eigenvalue weighted by Crippen LogP contribution is -2.30. The smallest absolute Gasteiger partial charge is 0.250 e. The zero-order valence-electron chi connectivity index (χ0n) is 21.8. The fourth-order valence-electron chi connectivity index (χ4n) is 4.27. The highest BCUT2D eigenvalue weighted by molar-refractivity contribution is 5.60. The van der Waals surface area contributed by atoms with Crippen LogP contribution in [-0.4, -0.2) is 39.2 Å². The standard InChI is InChI=1S/C28H26N6O2.C2H6/c29-14-21-8-11-31-26(13-21)24-4-5-27(35)34(18-24)17-22-2-1-3-23(12-22)28-32-15-25(16-33-28)36-19-20-6-9-30-10-7-20;1-2/h1-5,8,11-13,15-16,18,20,30H,6-7,9-10,17,19H2;1-2H3. The Labute approximate surface area is 223 Å². The molecule has 1 aliphatic heterocycles. The van der Waals surface area contributed by atoms with Crippen molar-refractivity contribution in [1.29, 1.82) is 5.26 Å². The Morgan fingerprint density at radius 2 is 1.82 bits per heavy atom. The van der Waals surface area contributed by atoms with Crippen LogP contribution in [0.4, 0.5) is 0 Å². The zero-order chi connectivity index (χ0) is 26.7. The lowest BCUT2D eigenvalue weighted by atomic mass is 9.99. The highest BCUT2D eigenvalue weighted by Crippen LogP contribution is 2.21. The van der Waals surface area contributed by atoms with Crippen LogP contribution in [-0.2, 0) is 6.54 Å². The van der Waals surface area contributed by atoms with Gasteiger partial charge in [0.1, 0.15) is 0 Å². The lowest BCUT2D eigenvalue weighted by Gasteiger charge is -2.22. The first-order chi connectivity index (χ1) is 18.7. The van der Waals surface area contributed by atoms with Crippen molar-refractivity contribution >= 4 is 0 Å². The lowest BCUT2D eigenvalue weighted by molar-refractivity contribution is 0.214. The third-order valence-electron chi connectivity index (χ3n) is 6.28. The maximum atomic E-state index is 12.5. The van der Waals surface area contributed by atoms with E-state index in [-0.39, 0.29) is 5.56 Å². The molecule has 1 N–H and O–H groups in total. The van der Waals surface area contributed by atoms with Gasteiger partial charge in [-0.3, -0.25) is 9.78 Å². The first-order valence-electron chi connectivity index (χ1n) is 13.0. The minimum absolute atomic E-state index is 0.118. The molecular formula is C30H32N6O2. The Kier molecular flexibility index (Phi) is 9.32. The molecule has 0 spiro atoms. The molecule has 5 rings (SSSR count). The summed E-state index contributed by atoms with van der Waals surface area (Å²) >= 11 is 0. The van der Waals surface area contributed by atoms with Gasteiger partial charge in [-0.05, 0) is 61.7 Å². The Hall–Kier alpha value is -4.35. The molecule has 0 saturated carbocycles. The fourth-order valence-corrected chi connectivity index (χ4v) is 4.27. The van der Waals surface area contributed by atoms with Gasteiger partial charge in [0.15, 0.2) is 11.6 Å². The summed E-state index contributed by atoms with van der Waals surface area (Å²) in [6, 6.07) is 16.6. The molecule has 0 amide bonds. The van der Waals surface area contributed by atoms with E-state index >= 15 is 0 Å². The molecule has 1 saturated heterocycles. The van der Waals surface area contributed by atoms with Crippen LogP contribution in [0.15, 0.2) is 78.1 Å². The van der Waals surface area contributed by atoms with Crippen molar-refractivity contribution < 1.29 is 4.74 Å². The number of nitriles is 1. The number of hydrogen-bond donors (Lipinski definition) is 1. The topological polar surface area (TPSA) is 106 Å². The second-order valence-electron chi connectivity index (χ2n) is 8.87. The second kappa shape index (κ2) is 13.3. The van der Waals surface area contributed by atoms with Gasteiger partial charge in [0.2, 0.25) is 0 Å². The quantitative estimate of drug-likeness (QED) is 0.386. The maximum absolute atomic E-state index is 12.5. The van der Waals surface area contributed by atoms with Gasteiger partial charge >= 0.3 is 0 Å². The molecule has 0 unspecified atom stereocenters. The van der Waals surface area contributed by atoms with Crippen molar-refractivity contribution in [2.24, 2.45) is 5.92 Å². The summed E-state index contributed by atoms with van der Waals surface area (Å²) in [6.07, 6.45) is 9.04. The number of aromatic nitrogens is 4. The van der Waals surface area contributed by atoms with Crippen molar-refractivity contribution in [1.82, 2.24) is 24.8 Å². The van der Waals surface area contributed by atoms with Crippen molar-refractivity contribution in [2.45, 2.75) is 33.2 Å². The van der Waals surface area contributed by atoms with E-state index in [1.54, 1.807) is 47.6 Å². The number of nitrogens with zero attached hydrogens (tertiary/aromatic N) is 5. The van der Waals surface area contributed by atoms with Crippen molar-refractivity contribution in [3.63, 3.8) is 0 Å². The zero-order valence-corrected chi connectivity index (χ0v) is 21.8. The molecule has 1 aliphatic rings. The highest BCUT2D eigenvalue weighted by Gasteiger charge is 2.14. The first-order valence-corrected chi connectivity index (χ1v) is 13.0. The minimum Gasteiger partial charge on any atom is -0.490 e. The number of nitrogens with one attached hydrogen (secondary N) is 1. The number of rotatable bonds is 7. The van der Waals surface area contributed by atoms with Crippen LogP contribution < -0.4 is 15.6 Å². The molecule has 0 radical (unpaired) electrons. The van der Waals surface area contributed by atoms with Gasteiger partial charge in [0.25, 0.3) is 5.56 Å². The van der Waals surface area contributed by atoms with Gasteiger partial charge in [0.05, 0.1) is 42.9 Å². The minimum atomic E-state index is -0.118. The number of piperidine rings is 1. The van der Waals surface area contributed by atoms with E-state index in [0.717, 1.165) is 42.6 Å². The Morgan fingerprint density at radius 1 is 1.03 bits per heavy atom. The number of benzene rings is 1. The molecule has 38 heavy (non-hydrogen) atoms. The third kappa shape index (κ3) is 6.90. The Balaban J connectivity index is 0.00000164. The first kappa shape index (κ1) is 26.7. The molecule has 8 nitrogen and oxygen atoms in total. The molecule has 4 heterocycles. The van der Waals surface area contributed by atoms with E-state index in [0.29, 0.717) is 41.9 Å². The van der Waals surface area contributed by atoms with Crippen LogP contribution in [0.3, 0.4) is 0 Å². The van der Waals surface area contributed by atoms with Crippen LogP contribution in [0.2, 0.25) is 0 Å². The molecule has 0 bridgehead atoms. The van der Waals surface area contributed by atoms with Gasteiger partial charge in [-0.25, -0.2) is 9.97 Å². The molecular weight excluding hydrogens is 476 g/mol. The molecule has 4 aromatic rings. The van der Waals surface area contributed by atoms with Crippen molar-refractivity contribution in [3.8, 4) is 34.5 Å². The predicted octanol–water partition coefficient (Wildman–Crippen LogP) is 4.69. The van der Waals surface area contributed by atoms with Gasteiger partial charge in [-0.15, -0.1) is 0 Å². The third-order valence-corrected chi connectivity index (χ3v) is 6.28. The highest BCUT2D eigenvalue weighted by atomic mass is 16.5. The molecule has 194 valence electrons. The fraction of sp³-hybridized carbons (Fsp3) is 0.300. The van der Waals surface area contributed by atoms with E-state index in [9.17, 15) is 4.79 Å². The molecule has 8 heteroatoms. The normalized spacial score (nSPS) is 13.2. The molecule has 1 aromatic carbocycles.